The fourth-order valence-electron chi connectivity index (χ4n) is 3.28. The van der Waals surface area contributed by atoms with E-state index >= 15 is 0 Å². The second-order valence-electron chi connectivity index (χ2n) is 5.91. The summed E-state index contributed by atoms with van der Waals surface area (Å²) in [5.74, 6) is 0.721. The van der Waals surface area contributed by atoms with Crippen LogP contribution in [0, 0.1) is 11.3 Å². The molecule has 3 aromatic carbocycles. The third-order valence-electron chi connectivity index (χ3n) is 4.46. The van der Waals surface area contributed by atoms with E-state index in [9.17, 15) is 5.26 Å². The second-order valence-corrected chi connectivity index (χ2v) is 5.91. The van der Waals surface area contributed by atoms with Crippen LogP contribution in [-0.4, -0.2) is 9.55 Å². The van der Waals surface area contributed by atoms with E-state index in [-0.39, 0.29) is 0 Å². The number of nitriles is 1. The Kier molecular flexibility index (Phi) is 3.80. The molecule has 0 amide bonds. The molecule has 4 rings (SSSR count). The first-order chi connectivity index (χ1) is 12.3. The number of aromatic nitrogens is 2. The van der Waals surface area contributed by atoms with Crippen LogP contribution < -0.4 is 0 Å². The van der Waals surface area contributed by atoms with E-state index in [4.69, 9.17) is 4.98 Å². The highest BCUT2D eigenvalue weighted by atomic mass is 15.1. The summed E-state index contributed by atoms with van der Waals surface area (Å²) in [7, 11) is 0. The zero-order chi connectivity index (χ0) is 17.2. The monoisotopic (exact) mass is 323 g/mol. The van der Waals surface area contributed by atoms with E-state index in [0.29, 0.717) is 5.57 Å². The maximum Gasteiger partial charge on any atom is 0.151 e. The van der Waals surface area contributed by atoms with Crippen LogP contribution in [0.5, 0.6) is 0 Å². The number of aryl methyl sites for hydroxylation is 1. The molecule has 25 heavy (non-hydrogen) atoms. The summed E-state index contributed by atoms with van der Waals surface area (Å²) in [4.78, 5) is 4.70. The first kappa shape index (κ1) is 15.2. The number of hydrogen-bond acceptors (Lipinski definition) is 2. The fraction of sp³-hybridized carbons (Fsp3) is 0.0909. The average Bonchev–Trinajstić information content (AvgIpc) is 3.04. The Morgan fingerprint density at radius 3 is 2.64 bits per heavy atom. The summed E-state index contributed by atoms with van der Waals surface area (Å²) in [6.45, 7) is 2.84. The van der Waals surface area contributed by atoms with Crippen molar-refractivity contribution in [3.8, 4) is 6.07 Å². The first-order valence-corrected chi connectivity index (χ1v) is 8.37. The Labute approximate surface area is 146 Å². The van der Waals surface area contributed by atoms with Gasteiger partial charge in [-0.25, -0.2) is 4.98 Å². The van der Waals surface area contributed by atoms with E-state index in [0.717, 1.165) is 39.7 Å². The Balaban J connectivity index is 1.94. The van der Waals surface area contributed by atoms with Gasteiger partial charge in [0.15, 0.2) is 5.82 Å². The number of nitrogens with zero attached hydrogens (tertiary/aromatic N) is 3. The molecule has 0 bridgehead atoms. The quantitative estimate of drug-likeness (QED) is 0.482. The van der Waals surface area contributed by atoms with Crippen LogP contribution >= 0.6 is 0 Å². The lowest BCUT2D eigenvalue weighted by Gasteiger charge is -2.06. The van der Waals surface area contributed by atoms with Crippen LogP contribution in [0.3, 0.4) is 0 Å². The van der Waals surface area contributed by atoms with Crippen LogP contribution in [-0.2, 0) is 6.54 Å². The van der Waals surface area contributed by atoms with Crippen molar-refractivity contribution < 1.29 is 0 Å². The number of benzene rings is 3. The minimum Gasteiger partial charge on any atom is -0.324 e. The molecule has 0 saturated carbocycles. The molecule has 0 fully saturated rings. The van der Waals surface area contributed by atoms with Gasteiger partial charge in [-0.2, -0.15) is 5.26 Å². The highest BCUT2D eigenvalue weighted by molar-refractivity contribution is 5.98. The van der Waals surface area contributed by atoms with Crippen molar-refractivity contribution in [2.45, 2.75) is 13.5 Å². The lowest BCUT2D eigenvalue weighted by Crippen LogP contribution is -2.00. The summed E-state index contributed by atoms with van der Waals surface area (Å²) in [6.07, 6.45) is 1.94. The van der Waals surface area contributed by atoms with Gasteiger partial charge in [0.1, 0.15) is 6.07 Å². The summed E-state index contributed by atoms with van der Waals surface area (Å²) < 4.78 is 2.09. The Hall–Kier alpha value is -3.38. The van der Waals surface area contributed by atoms with Crippen LogP contribution in [0.25, 0.3) is 33.5 Å². The number of allylic oxidation sites excluding steroid dienone is 1. The maximum atomic E-state index is 9.79. The van der Waals surface area contributed by atoms with Gasteiger partial charge >= 0.3 is 0 Å². The molecule has 0 unspecified atom stereocenters. The molecular weight excluding hydrogens is 306 g/mol. The molecule has 3 heteroatoms. The van der Waals surface area contributed by atoms with Gasteiger partial charge in [-0.05, 0) is 41.5 Å². The minimum absolute atomic E-state index is 0.578. The van der Waals surface area contributed by atoms with E-state index in [2.05, 4.69) is 35.8 Å². The van der Waals surface area contributed by atoms with Crippen molar-refractivity contribution in [3.05, 3.63) is 78.1 Å². The molecule has 120 valence electrons. The first-order valence-electron chi connectivity index (χ1n) is 8.37. The van der Waals surface area contributed by atoms with Crippen molar-refractivity contribution in [1.29, 1.82) is 5.26 Å². The normalized spacial score (nSPS) is 11.8. The lowest BCUT2D eigenvalue weighted by molar-refractivity contribution is 0.775. The Bertz CT molecular complexity index is 1140. The fourth-order valence-corrected chi connectivity index (χ4v) is 3.28. The molecule has 0 aliphatic carbocycles. The van der Waals surface area contributed by atoms with Gasteiger partial charge in [0.25, 0.3) is 0 Å². The van der Waals surface area contributed by atoms with Crippen molar-refractivity contribution >= 4 is 33.5 Å². The molecule has 1 heterocycles. The number of imidazole rings is 1. The molecule has 0 saturated heterocycles. The van der Waals surface area contributed by atoms with Gasteiger partial charge in [0.2, 0.25) is 0 Å². The summed E-state index contributed by atoms with van der Waals surface area (Å²) in [6, 6.07) is 24.7. The molecule has 3 nitrogen and oxygen atoms in total. The van der Waals surface area contributed by atoms with Gasteiger partial charge in [0.05, 0.1) is 16.6 Å². The number of rotatable bonds is 3. The molecule has 0 radical (unpaired) electrons. The van der Waals surface area contributed by atoms with Crippen molar-refractivity contribution in [1.82, 2.24) is 9.55 Å². The summed E-state index contributed by atoms with van der Waals surface area (Å²) in [5, 5.41) is 12.1. The van der Waals surface area contributed by atoms with Crippen LogP contribution in [0.15, 0.2) is 66.7 Å². The molecule has 0 aliphatic rings. The molecular formula is C22H17N3. The highest BCUT2D eigenvalue weighted by Gasteiger charge is 2.13. The van der Waals surface area contributed by atoms with Gasteiger partial charge in [-0.15, -0.1) is 0 Å². The third-order valence-corrected chi connectivity index (χ3v) is 4.46. The van der Waals surface area contributed by atoms with Gasteiger partial charge < -0.3 is 4.57 Å². The average molecular weight is 323 g/mol. The standard InChI is InChI=1S/C22H17N3/c1-2-25-21-13-6-5-12-20(21)24-22(25)18(15-23)14-17-10-7-9-16-8-3-4-11-19(16)17/h3-14H,2H2,1H3/b18-14+. The van der Waals surface area contributed by atoms with E-state index in [1.54, 1.807) is 0 Å². The molecule has 0 atom stereocenters. The molecule has 0 N–H and O–H groups in total. The number of para-hydroxylation sites is 2. The van der Waals surface area contributed by atoms with E-state index in [1.165, 1.54) is 0 Å². The topological polar surface area (TPSA) is 41.6 Å². The maximum absolute atomic E-state index is 9.79. The zero-order valence-electron chi connectivity index (χ0n) is 14.0. The van der Waals surface area contributed by atoms with Gasteiger partial charge in [-0.3, -0.25) is 0 Å². The smallest absolute Gasteiger partial charge is 0.151 e. The minimum atomic E-state index is 0.578. The second kappa shape index (κ2) is 6.26. The molecule has 1 aromatic heterocycles. The predicted molar refractivity (Wildman–Crippen MR) is 103 cm³/mol. The highest BCUT2D eigenvalue weighted by Crippen LogP contribution is 2.26. The van der Waals surface area contributed by atoms with Crippen molar-refractivity contribution in [2.75, 3.05) is 0 Å². The number of fused-ring (bicyclic) bond motifs is 2. The van der Waals surface area contributed by atoms with Crippen LogP contribution in [0.4, 0.5) is 0 Å². The van der Waals surface area contributed by atoms with Gasteiger partial charge in [-0.1, -0.05) is 54.6 Å². The molecule has 0 spiro atoms. The van der Waals surface area contributed by atoms with Crippen LogP contribution in [0.2, 0.25) is 0 Å². The molecule has 0 aliphatic heterocycles. The summed E-state index contributed by atoms with van der Waals surface area (Å²) >= 11 is 0. The Morgan fingerprint density at radius 2 is 1.80 bits per heavy atom. The summed E-state index contributed by atoms with van der Waals surface area (Å²) in [5.41, 5.74) is 3.58. The SMILES string of the molecule is CCn1c(/C(C#N)=C/c2cccc3ccccc23)nc2ccccc21. The lowest BCUT2D eigenvalue weighted by atomic mass is 10.0. The van der Waals surface area contributed by atoms with Crippen molar-refractivity contribution in [2.24, 2.45) is 0 Å². The zero-order valence-corrected chi connectivity index (χ0v) is 14.0. The Morgan fingerprint density at radius 1 is 1.04 bits per heavy atom. The third kappa shape index (κ3) is 2.58. The molecule has 4 aromatic rings. The predicted octanol–water partition coefficient (Wildman–Crippen LogP) is 5.27. The number of hydrogen-bond donors (Lipinski definition) is 0. The van der Waals surface area contributed by atoms with E-state index in [1.807, 2.05) is 54.6 Å². The van der Waals surface area contributed by atoms with Gasteiger partial charge in [0, 0.05) is 6.54 Å². The van der Waals surface area contributed by atoms with E-state index < -0.39 is 0 Å². The largest absolute Gasteiger partial charge is 0.324 e. The van der Waals surface area contributed by atoms with Crippen LogP contribution in [0.1, 0.15) is 18.3 Å². The van der Waals surface area contributed by atoms with Crippen molar-refractivity contribution in [3.63, 3.8) is 0 Å².